The second-order valence-electron chi connectivity index (χ2n) is 8.62. The van der Waals surface area contributed by atoms with Crippen molar-refractivity contribution < 1.29 is 22.4 Å². The highest BCUT2D eigenvalue weighted by molar-refractivity contribution is 5.96. The largest absolute Gasteiger partial charge is 0.418 e. The number of amides is 1. The summed E-state index contributed by atoms with van der Waals surface area (Å²) in [5.74, 6) is -0.896. The summed E-state index contributed by atoms with van der Waals surface area (Å²) in [4.78, 5) is 16.8. The second-order valence-corrected chi connectivity index (χ2v) is 8.62. The molecular formula is C24H20F4N4O. The zero-order valence-corrected chi connectivity index (χ0v) is 18.0. The van der Waals surface area contributed by atoms with E-state index >= 15 is 0 Å². The van der Waals surface area contributed by atoms with Gasteiger partial charge in [0.1, 0.15) is 5.82 Å². The zero-order chi connectivity index (χ0) is 24.0. The van der Waals surface area contributed by atoms with Gasteiger partial charge in [-0.25, -0.2) is 13.9 Å². The number of alkyl halides is 3. The predicted octanol–water partition coefficient (Wildman–Crippen LogP) is 6.21. The van der Waals surface area contributed by atoms with Gasteiger partial charge in [0.05, 0.1) is 28.8 Å². The number of halogens is 4. The van der Waals surface area contributed by atoms with E-state index in [0.717, 1.165) is 6.07 Å². The Labute approximate surface area is 187 Å². The number of nitrogens with zero attached hydrogens (tertiary/aromatic N) is 3. The average Bonchev–Trinajstić information content (AvgIpc) is 3.16. The lowest BCUT2D eigenvalue weighted by molar-refractivity contribution is -0.137. The van der Waals surface area contributed by atoms with Crippen LogP contribution >= 0.6 is 0 Å². The lowest BCUT2D eigenvalue weighted by Crippen LogP contribution is -2.28. The number of rotatable bonds is 3. The lowest BCUT2D eigenvalue weighted by Gasteiger charge is -2.20. The zero-order valence-electron chi connectivity index (χ0n) is 18.0. The van der Waals surface area contributed by atoms with Crippen molar-refractivity contribution in [2.45, 2.75) is 26.9 Å². The van der Waals surface area contributed by atoms with Gasteiger partial charge in [0, 0.05) is 16.5 Å². The molecule has 4 aromatic rings. The number of imidazole rings is 1. The third-order valence-corrected chi connectivity index (χ3v) is 5.01. The number of anilines is 1. The summed E-state index contributed by atoms with van der Waals surface area (Å²) in [5, 5.41) is 6.86. The van der Waals surface area contributed by atoms with Crippen molar-refractivity contribution in [1.29, 1.82) is 0 Å². The van der Waals surface area contributed by atoms with Gasteiger partial charge in [0.25, 0.3) is 0 Å². The van der Waals surface area contributed by atoms with Crippen LogP contribution in [0.3, 0.4) is 0 Å². The molecule has 4 rings (SSSR count). The molecule has 5 nitrogen and oxygen atoms in total. The van der Waals surface area contributed by atoms with Crippen LogP contribution in [0.25, 0.3) is 28.2 Å². The summed E-state index contributed by atoms with van der Waals surface area (Å²) >= 11 is 0. The Hall–Kier alpha value is -3.75. The Bertz CT molecular complexity index is 1340. The highest BCUT2D eigenvalue weighted by atomic mass is 19.4. The van der Waals surface area contributed by atoms with Gasteiger partial charge in [-0.3, -0.25) is 4.79 Å². The SMILES string of the molecule is CC(C)(C)C(=O)Nc1cc(-c2cn3nc(-c4ccc(F)cc4)ccc3n2)ccc1C(F)(F)F. The Balaban J connectivity index is 1.74. The maximum absolute atomic E-state index is 13.5. The fourth-order valence-corrected chi connectivity index (χ4v) is 3.16. The number of fused-ring (bicyclic) bond motifs is 1. The summed E-state index contributed by atoms with van der Waals surface area (Å²) in [7, 11) is 0. The smallest absolute Gasteiger partial charge is 0.325 e. The van der Waals surface area contributed by atoms with Crippen molar-refractivity contribution in [2.75, 3.05) is 5.32 Å². The molecule has 0 bridgehead atoms. The molecule has 2 aromatic heterocycles. The minimum atomic E-state index is -4.64. The fourth-order valence-electron chi connectivity index (χ4n) is 3.16. The van der Waals surface area contributed by atoms with Crippen LogP contribution in [-0.2, 0) is 11.0 Å². The van der Waals surface area contributed by atoms with Gasteiger partial charge >= 0.3 is 6.18 Å². The normalized spacial score (nSPS) is 12.2. The maximum Gasteiger partial charge on any atom is 0.418 e. The van der Waals surface area contributed by atoms with E-state index in [0.29, 0.717) is 28.2 Å². The predicted molar refractivity (Wildman–Crippen MR) is 117 cm³/mol. The molecule has 0 atom stereocenters. The highest BCUT2D eigenvalue weighted by Gasteiger charge is 2.35. The van der Waals surface area contributed by atoms with Crippen molar-refractivity contribution >= 4 is 17.2 Å². The molecule has 0 aliphatic rings. The van der Waals surface area contributed by atoms with Crippen LogP contribution in [0.1, 0.15) is 26.3 Å². The van der Waals surface area contributed by atoms with Crippen LogP contribution in [0.2, 0.25) is 0 Å². The molecule has 0 aliphatic heterocycles. The van der Waals surface area contributed by atoms with Crippen LogP contribution < -0.4 is 5.32 Å². The van der Waals surface area contributed by atoms with Crippen molar-refractivity contribution in [3.8, 4) is 22.5 Å². The van der Waals surface area contributed by atoms with E-state index in [9.17, 15) is 22.4 Å². The molecular weight excluding hydrogens is 436 g/mol. The van der Waals surface area contributed by atoms with Crippen molar-refractivity contribution in [3.63, 3.8) is 0 Å². The van der Waals surface area contributed by atoms with Crippen LogP contribution in [-0.4, -0.2) is 20.5 Å². The van der Waals surface area contributed by atoms with E-state index in [2.05, 4.69) is 15.4 Å². The maximum atomic E-state index is 13.5. The van der Waals surface area contributed by atoms with Gasteiger partial charge in [-0.2, -0.15) is 18.3 Å². The number of carbonyl (C=O) groups excluding carboxylic acids is 1. The number of benzene rings is 2. The second kappa shape index (κ2) is 7.99. The monoisotopic (exact) mass is 456 g/mol. The molecule has 0 aliphatic carbocycles. The van der Waals surface area contributed by atoms with E-state index < -0.39 is 23.1 Å². The summed E-state index contributed by atoms with van der Waals surface area (Å²) in [6, 6.07) is 12.8. The van der Waals surface area contributed by atoms with Gasteiger partial charge in [-0.15, -0.1) is 0 Å². The molecule has 0 saturated heterocycles. The molecule has 0 radical (unpaired) electrons. The van der Waals surface area contributed by atoms with Gasteiger partial charge in [-0.1, -0.05) is 26.8 Å². The fraction of sp³-hybridized carbons (Fsp3) is 0.208. The van der Waals surface area contributed by atoms with Crippen LogP contribution in [0.15, 0.2) is 60.8 Å². The third kappa shape index (κ3) is 4.72. The van der Waals surface area contributed by atoms with E-state index in [-0.39, 0.29) is 11.5 Å². The number of nitrogens with one attached hydrogen (secondary N) is 1. The first-order valence-electron chi connectivity index (χ1n) is 10.1. The molecule has 0 unspecified atom stereocenters. The summed E-state index contributed by atoms with van der Waals surface area (Å²) in [5.41, 5.74) is 0.396. The Morgan fingerprint density at radius 2 is 1.58 bits per heavy atom. The van der Waals surface area contributed by atoms with E-state index in [4.69, 9.17) is 0 Å². The van der Waals surface area contributed by atoms with Gasteiger partial charge < -0.3 is 5.32 Å². The van der Waals surface area contributed by atoms with Crippen molar-refractivity contribution in [2.24, 2.45) is 5.41 Å². The Morgan fingerprint density at radius 3 is 2.21 bits per heavy atom. The first-order valence-corrected chi connectivity index (χ1v) is 10.1. The van der Waals surface area contributed by atoms with Gasteiger partial charge in [0.2, 0.25) is 5.91 Å². The molecule has 9 heteroatoms. The summed E-state index contributed by atoms with van der Waals surface area (Å²) < 4.78 is 55.3. The molecule has 1 N–H and O–H groups in total. The molecule has 1 amide bonds. The summed E-state index contributed by atoms with van der Waals surface area (Å²) in [6.45, 7) is 4.85. The van der Waals surface area contributed by atoms with Gasteiger partial charge in [0.15, 0.2) is 5.65 Å². The molecule has 2 aromatic carbocycles. The molecule has 33 heavy (non-hydrogen) atoms. The van der Waals surface area contributed by atoms with E-state index in [1.807, 2.05) is 0 Å². The lowest BCUT2D eigenvalue weighted by atomic mass is 9.95. The minimum Gasteiger partial charge on any atom is -0.325 e. The number of hydrogen-bond donors (Lipinski definition) is 1. The van der Waals surface area contributed by atoms with Crippen LogP contribution in [0.5, 0.6) is 0 Å². The number of carbonyl (C=O) groups is 1. The Morgan fingerprint density at radius 1 is 0.909 bits per heavy atom. The van der Waals surface area contributed by atoms with E-state index in [1.165, 1.54) is 28.8 Å². The Kier molecular flexibility index (Phi) is 5.43. The average molecular weight is 456 g/mol. The molecule has 170 valence electrons. The topological polar surface area (TPSA) is 59.3 Å². The quantitative estimate of drug-likeness (QED) is 0.373. The first kappa shape index (κ1) is 22.4. The molecule has 0 saturated carbocycles. The minimum absolute atomic E-state index is 0.336. The third-order valence-electron chi connectivity index (χ3n) is 5.01. The molecule has 0 fully saturated rings. The van der Waals surface area contributed by atoms with Gasteiger partial charge in [-0.05, 0) is 48.5 Å². The van der Waals surface area contributed by atoms with Crippen molar-refractivity contribution in [3.05, 3.63) is 72.2 Å². The number of aromatic nitrogens is 3. The molecule has 0 spiro atoms. The van der Waals surface area contributed by atoms with Crippen molar-refractivity contribution in [1.82, 2.24) is 14.6 Å². The van der Waals surface area contributed by atoms with Crippen LogP contribution in [0.4, 0.5) is 23.2 Å². The summed E-state index contributed by atoms with van der Waals surface area (Å²) in [6.07, 6.45) is -3.05. The number of hydrogen-bond acceptors (Lipinski definition) is 3. The van der Waals surface area contributed by atoms with Crippen LogP contribution in [0, 0.1) is 11.2 Å². The first-order chi connectivity index (χ1) is 15.4. The van der Waals surface area contributed by atoms with E-state index in [1.54, 1.807) is 51.2 Å². The highest BCUT2D eigenvalue weighted by Crippen LogP contribution is 2.37. The molecule has 2 heterocycles. The standard InChI is InChI=1S/C24H20F4N4O/c1-23(2,3)22(33)30-19-12-15(6-9-17(19)24(26,27)28)20-13-32-21(29-20)11-10-18(31-32)14-4-7-16(25)8-5-14/h4-13H,1-3H3,(H,30,33).